The molecule has 0 saturated heterocycles. The van der Waals surface area contributed by atoms with E-state index in [0.29, 0.717) is 0 Å². The van der Waals surface area contributed by atoms with E-state index in [9.17, 15) is 0 Å². The molecule has 2 aliphatic carbocycles. The summed E-state index contributed by atoms with van der Waals surface area (Å²) >= 11 is 2.34. The standard InChI is InChI=1S/C12H22S.H3P/c1-3-7-11(8-4-1)13-12-9-5-2-6-10-12;/h11-12H,1-10H2;1H3. The third kappa shape index (κ3) is 4.11. The van der Waals surface area contributed by atoms with E-state index in [1.165, 1.54) is 64.2 Å². The molecule has 2 rings (SSSR count). The van der Waals surface area contributed by atoms with Crippen LogP contribution >= 0.6 is 21.7 Å². The first kappa shape index (κ1) is 12.8. The third-order valence-electron chi connectivity index (χ3n) is 3.49. The van der Waals surface area contributed by atoms with Gasteiger partial charge in [0.2, 0.25) is 0 Å². The Hall–Kier alpha value is 0.780. The van der Waals surface area contributed by atoms with Gasteiger partial charge in [0, 0.05) is 10.5 Å². The lowest BCUT2D eigenvalue weighted by Gasteiger charge is -2.28. The molecule has 1 unspecified atom stereocenters. The summed E-state index contributed by atoms with van der Waals surface area (Å²) < 4.78 is 0. The van der Waals surface area contributed by atoms with Crippen LogP contribution in [0.25, 0.3) is 0 Å². The molecule has 0 nitrogen and oxygen atoms in total. The maximum absolute atomic E-state index is 2.34. The molecule has 1 atom stereocenters. The smallest absolute Gasteiger partial charge is 0.00498 e. The first-order valence-electron chi connectivity index (χ1n) is 6.10. The maximum atomic E-state index is 2.34. The van der Waals surface area contributed by atoms with Crippen LogP contribution in [0.4, 0.5) is 0 Å². The quantitative estimate of drug-likeness (QED) is 0.634. The van der Waals surface area contributed by atoms with Gasteiger partial charge in [-0.25, -0.2) is 0 Å². The highest BCUT2D eigenvalue weighted by molar-refractivity contribution is 8.00. The molecule has 2 fully saturated rings. The van der Waals surface area contributed by atoms with Crippen molar-refractivity contribution in [3.8, 4) is 0 Å². The SMILES string of the molecule is C1CCC(SC2CCCCC2)CC1.P. The summed E-state index contributed by atoms with van der Waals surface area (Å²) in [5, 5.41) is 2.08. The highest BCUT2D eigenvalue weighted by Gasteiger charge is 2.20. The predicted molar refractivity (Wildman–Crippen MR) is 72.4 cm³/mol. The summed E-state index contributed by atoms with van der Waals surface area (Å²) in [4.78, 5) is 0. The summed E-state index contributed by atoms with van der Waals surface area (Å²) in [5.41, 5.74) is 0. The minimum atomic E-state index is 0. The molecular weight excluding hydrogens is 207 g/mol. The van der Waals surface area contributed by atoms with Gasteiger partial charge in [-0.3, -0.25) is 0 Å². The van der Waals surface area contributed by atoms with E-state index in [1.807, 2.05) is 0 Å². The molecule has 0 spiro atoms. The van der Waals surface area contributed by atoms with Crippen molar-refractivity contribution in [2.75, 3.05) is 0 Å². The van der Waals surface area contributed by atoms with Crippen LogP contribution in [0.5, 0.6) is 0 Å². The molecule has 0 aromatic rings. The maximum Gasteiger partial charge on any atom is 0.00498 e. The Bertz CT molecular complexity index is 121. The van der Waals surface area contributed by atoms with Crippen LogP contribution in [-0.4, -0.2) is 10.5 Å². The second kappa shape index (κ2) is 7.12. The Morgan fingerprint density at radius 2 is 0.929 bits per heavy atom. The van der Waals surface area contributed by atoms with E-state index in [4.69, 9.17) is 0 Å². The normalized spacial score (nSPS) is 25.7. The highest BCUT2D eigenvalue weighted by Crippen LogP contribution is 2.36. The predicted octanol–water partition coefficient (Wildman–Crippen LogP) is 4.44. The molecule has 2 saturated carbocycles. The van der Waals surface area contributed by atoms with Gasteiger partial charge >= 0.3 is 0 Å². The van der Waals surface area contributed by atoms with Gasteiger partial charge in [-0.2, -0.15) is 21.7 Å². The molecule has 0 aromatic carbocycles. The lowest BCUT2D eigenvalue weighted by Crippen LogP contribution is -2.16. The van der Waals surface area contributed by atoms with Gasteiger partial charge in [-0.15, -0.1) is 0 Å². The molecule has 0 radical (unpaired) electrons. The first-order chi connectivity index (χ1) is 6.45. The van der Waals surface area contributed by atoms with E-state index in [1.54, 1.807) is 0 Å². The van der Waals surface area contributed by atoms with Crippen molar-refractivity contribution in [1.82, 2.24) is 0 Å². The van der Waals surface area contributed by atoms with Crippen molar-refractivity contribution < 1.29 is 0 Å². The topological polar surface area (TPSA) is 0 Å². The molecule has 0 aliphatic heterocycles. The van der Waals surface area contributed by atoms with Crippen LogP contribution in [0, 0.1) is 0 Å². The molecule has 2 heteroatoms. The van der Waals surface area contributed by atoms with Gasteiger partial charge in [0.25, 0.3) is 0 Å². The molecule has 0 amide bonds. The monoisotopic (exact) mass is 232 g/mol. The average Bonchev–Trinajstić information content (AvgIpc) is 2.21. The largest absolute Gasteiger partial charge is 0.155 e. The van der Waals surface area contributed by atoms with Crippen molar-refractivity contribution in [3.05, 3.63) is 0 Å². The second-order valence-corrected chi connectivity index (χ2v) is 6.26. The van der Waals surface area contributed by atoms with Crippen LogP contribution in [-0.2, 0) is 0 Å². The Labute approximate surface area is 96.6 Å². The van der Waals surface area contributed by atoms with Crippen molar-refractivity contribution in [1.29, 1.82) is 0 Å². The van der Waals surface area contributed by atoms with E-state index < -0.39 is 0 Å². The second-order valence-electron chi connectivity index (χ2n) is 4.66. The van der Waals surface area contributed by atoms with Crippen molar-refractivity contribution in [2.24, 2.45) is 0 Å². The first-order valence-corrected chi connectivity index (χ1v) is 7.05. The zero-order valence-corrected chi connectivity index (χ0v) is 11.6. The molecular formula is C12H25PS. The van der Waals surface area contributed by atoms with Crippen LogP contribution < -0.4 is 0 Å². The summed E-state index contributed by atoms with van der Waals surface area (Å²) in [5.74, 6) is 0. The van der Waals surface area contributed by atoms with Gasteiger partial charge in [0.1, 0.15) is 0 Å². The minimum absolute atomic E-state index is 0. The van der Waals surface area contributed by atoms with Crippen LogP contribution in [0.3, 0.4) is 0 Å². The third-order valence-corrected chi connectivity index (χ3v) is 5.20. The van der Waals surface area contributed by atoms with E-state index >= 15 is 0 Å². The number of thioether (sulfide) groups is 1. The van der Waals surface area contributed by atoms with Crippen molar-refractivity contribution >= 4 is 21.7 Å². The molecule has 2 aliphatic rings. The lowest BCUT2D eigenvalue weighted by atomic mass is 10.00. The van der Waals surface area contributed by atoms with Crippen LogP contribution in [0.15, 0.2) is 0 Å². The van der Waals surface area contributed by atoms with E-state index in [-0.39, 0.29) is 9.90 Å². The van der Waals surface area contributed by atoms with Crippen LogP contribution in [0.2, 0.25) is 0 Å². The fraction of sp³-hybridized carbons (Fsp3) is 1.00. The van der Waals surface area contributed by atoms with Gasteiger partial charge in [0.15, 0.2) is 0 Å². The summed E-state index contributed by atoms with van der Waals surface area (Å²) in [6, 6.07) is 0. The minimum Gasteiger partial charge on any atom is -0.155 e. The molecule has 0 bridgehead atoms. The number of hydrogen-bond acceptors (Lipinski definition) is 1. The van der Waals surface area contributed by atoms with Gasteiger partial charge in [-0.05, 0) is 25.7 Å². The Kier molecular flexibility index (Phi) is 6.53. The van der Waals surface area contributed by atoms with Gasteiger partial charge in [0.05, 0.1) is 0 Å². The van der Waals surface area contributed by atoms with Gasteiger partial charge < -0.3 is 0 Å². The zero-order valence-electron chi connectivity index (χ0n) is 9.34. The van der Waals surface area contributed by atoms with Crippen molar-refractivity contribution in [2.45, 2.75) is 74.7 Å². The zero-order chi connectivity index (χ0) is 8.93. The van der Waals surface area contributed by atoms with Crippen LogP contribution in [0.1, 0.15) is 64.2 Å². The molecule has 84 valence electrons. The Morgan fingerprint density at radius 3 is 1.29 bits per heavy atom. The Balaban J connectivity index is 0.000000980. The van der Waals surface area contributed by atoms with E-state index in [0.717, 1.165) is 10.5 Å². The lowest BCUT2D eigenvalue weighted by molar-refractivity contribution is 0.495. The highest BCUT2D eigenvalue weighted by atomic mass is 32.2. The summed E-state index contributed by atoms with van der Waals surface area (Å²) in [7, 11) is 0. The van der Waals surface area contributed by atoms with Crippen molar-refractivity contribution in [3.63, 3.8) is 0 Å². The average molecular weight is 232 g/mol. The van der Waals surface area contributed by atoms with E-state index in [2.05, 4.69) is 11.8 Å². The molecule has 14 heavy (non-hydrogen) atoms. The molecule has 0 N–H and O–H groups in total. The Morgan fingerprint density at radius 1 is 0.571 bits per heavy atom. The fourth-order valence-electron chi connectivity index (χ4n) is 2.67. The fourth-order valence-corrected chi connectivity index (χ4v) is 4.43. The molecule has 0 heterocycles. The number of rotatable bonds is 2. The summed E-state index contributed by atoms with van der Waals surface area (Å²) in [6.07, 6.45) is 15.1. The summed E-state index contributed by atoms with van der Waals surface area (Å²) in [6.45, 7) is 0. The molecule has 0 aromatic heterocycles. The van der Waals surface area contributed by atoms with Gasteiger partial charge in [-0.1, -0.05) is 38.5 Å². The number of hydrogen-bond donors (Lipinski definition) is 0.